The zero-order valence-electron chi connectivity index (χ0n) is 12.1. The van der Waals surface area contributed by atoms with Crippen molar-refractivity contribution in [3.8, 4) is 18.1 Å². The second-order valence-corrected chi connectivity index (χ2v) is 3.30. The summed E-state index contributed by atoms with van der Waals surface area (Å²) in [6.45, 7) is 9.77. The molecule has 19 heavy (non-hydrogen) atoms. The highest BCUT2D eigenvalue weighted by molar-refractivity contribution is 5.91. The molecule has 0 saturated carbocycles. The Morgan fingerprint density at radius 2 is 1.79 bits per heavy atom. The summed E-state index contributed by atoms with van der Waals surface area (Å²) in [5.41, 5.74) is 0.879. The number of halogens is 1. The number of nitrogens with zero attached hydrogens (tertiary/aromatic N) is 1. The van der Waals surface area contributed by atoms with Crippen LogP contribution >= 0.6 is 0 Å². The van der Waals surface area contributed by atoms with Gasteiger partial charge in [-0.1, -0.05) is 33.6 Å². The molecule has 102 valence electrons. The molecule has 0 fully saturated rings. The van der Waals surface area contributed by atoms with Gasteiger partial charge in [0.1, 0.15) is 5.75 Å². The van der Waals surface area contributed by atoms with Gasteiger partial charge in [0.05, 0.1) is 5.56 Å². The van der Waals surface area contributed by atoms with Crippen molar-refractivity contribution in [3.05, 3.63) is 35.4 Å². The molecule has 0 aliphatic rings. The Kier molecular flexibility index (Phi) is 7.21. The molecule has 0 saturated heterocycles. The van der Waals surface area contributed by atoms with E-state index in [1.54, 1.807) is 13.0 Å². The summed E-state index contributed by atoms with van der Waals surface area (Å²) < 4.78 is 13.3. The number of aromatic nitrogens is 1. The number of aryl methyl sites for hydroxylation is 1. The molecule has 0 amide bonds. The molecule has 0 unspecified atom stereocenters. The van der Waals surface area contributed by atoms with E-state index < -0.39 is 5.95 Å². The fourth-order valence-corrected chi connectivity index (χ4v) is 1.66. The molecule has 0 bridgehead atoms. The lowest BCUT2D eigenvalue weighted by Gasteiger charge is -2.06. The van der Waals surface area contributed by atoms with Gasteiger partial charge in [0, 0.05) is 17.0 Å². The predicted octanol–water partition coefficient (Wildman–Crippen LogP) is 4.42. The van der Waals surface area contributed by atoms with Gasteiger partial charge in [-0.15, -0.1) is 6.42 Å². The summed E-state index contributed by atoms with van der Waals surface area (Å²) in [6, 6.07) is 3.05. The molecule has 3 heteroatoms. The van der Waals surface area contributed by atoms with Gasteiger partial charge in [0.15, 0.2) is 0 Å². The third-order valence-electron chi connectivity index (χ3n) is 2.27. The van der Waals surface area contributed by atoms with Gasteiger partial charge in [-0.3, -0.25) is 0 Å². The summed E-state index contributed by atoms with van der Waals surface area (Å²) in [4.78, 5) is 3.54. The van der Waals surface area contributed by atoms with Gasteiger partial charge < -0.3 is 5.11 Å². The molecule has 0 radical (unpaired) electrons. The minimum atomic E-state index is -0.654. The maximum Gasteiger partial charge on any atom is 0.229 e. The molecule has 0 aliphatic carbocycles. The number of rotatable bonds is 0. The second-order valence-electron chi connectivity index (χ2n) is 3.30. The second kappa shape index (κ2) is 8.10. The smallest absolute Gasteiger partial charge is 0.229 e. The molecular formula is C16H20FNO. The third-order valence-corrected chi connectivity index (χ3v) is 2.27. The lowest BCUT2D eigenvalue weighted by Crippen LogP contribution is -1.92. The molecule has 2 aromatic rings. The molecule has 1 heterocycles. The topological polar surface area (TPSA) is 33.1 Å². The lowest BCUT2D eigenvalue weighted by molar-refractivity contribution is 0.475. The Morgan fingerprint density at radius 1 is 1.21 bits per heavy atom. The first-order valence-corrected chi connectivity index (χ1v) is 6.38. The molecule has 0 atom stereocenters. The maximum atomic E-state index is 13.3. The molecule has 1 N–H and O–H groups in total. The van der Waals surface area contributed by atoms with Crippen LogP contribution in [0.5, 0.6) is 5.75 Å². The average molecular weight is 261 g/mol. The van der Waals surface area contributed by atoms with Crippen LogP contribution in [0.3, 0.4) is 0 Å². The van der Waals surface area contributed by atoms with Gasteiger partial charge in [-0.25, -0.2) is 4.98 Å². The Labute approximate surface area is 114 Å². The lowest BCUT2D eigenvalue weighted by atomic mass is 10.0. The van der Waals surface area contributed by atoms with Crippen LogP contribution in [-0.2, 0) is 0 Å². The number of phenols is 1. The van der Waals surface area contributed by atoms with Crippen molar-refractivity contribution in [2.45, 2.75) is 34.6 Å². The normalized spacial score (nSPS) is 8.68. The van der Waals surface area contributed by atoms with E-state index in [0.717, 1.165) is 5.56 Å². The van der Waals surface area contributed by atoms with E-state index >= 15 is 0 Å². The number of terminal acetylenes is 1. The quantitative estimate of drug-likeness (QED) is 0.562. The Morgan fingerprint density at radius 3 is 2.32 bits per heavy atom. The number of hydrogen-bond donors (Lipinski definition) is 1. The highest BCUT2D eigenvalue weighted by Gasteiger charge is 2.09. The summed E-state index contributed by atoms with van der Waals surface area (Å²) in [5.74, 6) is 1.75. The number of pyridine rings is 1. The number of phenolic OH excluding ortho intramolecular Hbond substituents is 1. The van der Waals surface area contributed by atoms with Crippen LogP contribution in [0, 0.1) is 25.2 Å². The third kappa shape index (κ3) is 3.69. The monoisotopic (exact) mass is 261 g/mol. The van der Waals surface area contributed by atoms with E-state index in [-0.39, 0.29) is 11.3 Å². The van der Waals surface area contributed by atoms with Crippen LogP contribution < -0.4 is 0 Å². The SMILES string of the molecule is C#Cc1c(F)ncc2cc(O)cc(C)c12.CC.CC. The van der Waals surface area contributed by atoms with E-state index in [4.69, 9.17) is 6.42 Å². The largest absolute Gasteiger partial charge is 0.508 e. The van der Waals surface area contributed by atoms with Crippen molar-refractivity contribution in [1.82, 2.24) is 4.98 Å². The van der Waals surface area contributed by atoms with Crippen molar-refractivity contribution in [1.29, 1.82) is 0 Å². The highest BCUT2D eigenvalue weighted by atomic mass is 19.1. The van der Waals surface area contributed by atoms with Crippen molar-refractivity contribution in [3.63, 3.8) is 0 Å². The van der Waals surface area contributed by atoms with Crippen LogP contribution in [0.2, 0.25) is 0 Å². The van der Waals surface area contributed by atoms with E-state index in [0.29, 0.717) is 10.8 Å². The first kappa shape index (κ1) is 16.9. The summed E-state index contributed by atoms with van der Waals surface area (Å²) >= 11 is 0. The van der Waals surface area contributed by atoms with Crippen molar-refractivity contribution >= 4 is 10.8 Å². The van der Waals surface area contributed by atoms with Crippen LogP contribution in [-0.4, -0.2) is 10.1 Å². The molecule has 1 aromatic carbocycles. The van der Waals surface area contributed by atoms with Crippen molar-refractivity contribution in [2.75, 3.05) is 0 Å². The van der Waals surface area contributed by atoms with Gasteiger partial charge in [0.25, 0.3) is 0 Å². The molecule has 2 rings (SSSR count). The molecule has 1 aromatic heterocycles. The fourth-order valence-electron chi connectivity index (χ4n) is 1.66. The van der Waals surface area contributed by atoms with Gasteiger partial charge in [0.2, 0.25) is 5.95 Å². The van der Waals surface area contributed by atoms with E-state index in [1.165, 1.54) is 12.3 Å². The number of benzene rings is 1. The number of aromatic hydroxyl groups is 1. The van der Waals surface area contributed by atoms with E-state index in [1.807, 2.05) is 27.7 Å². The summed E-state index contributed by atoms with van der Waals surface area (Å²) in [5, 5.41) is 10.6. The van der Waals surface area contributed by atoms with Gasteiger partial charge >= 0.3 is 0 Å². The summed E-state index contributed by atoms with van der Waals surface area (Å²) in [6.07, 6.45) is 6.59. The Balaban J connectivity index is 0.000000741. The Hall–Kier alpha value is -2.08. The molecular weight excluding hydrogens is 241 g/mol. The minimum Gasteiger partial charge on any atom is -0.508 e. The Bertz CT molecular complexity index is 585. The molecule has 0 spiro atoms. The van der Waals surface area contributed by atoms with Gasteiger partial charge in [-0.2, -0.15) is 4.39 Å². The number of hydrogen-bond acceptors (Lipinski definition) is 2. The first-order valence-electron chi connectivity index (χ1n) is 6.38. The fraction of sp³-hybridized carbons (Fsp3) is 0.312. The van der Waals surface area contributed by atoms with Crippen LogP contribution in [0.25, 0.3) is 10.8 Å². The van der Waals surface area contributed by atoms with E-state index in [9.17, 15) is 9.50 Å². The van der Waals surface area contributed by atoms with Crippen LogP contribution in [0.4, 0.5) is 4.39 Å². The summed E-state index contributed by atoms with van der Waals surface area (Å²) in [7, 11) is 0. The predicted molar refractivity (Wildman–Crippen MR) is 78.7 cm³/mol. The minimum absolute atomic E-state index is 0.122. The van der Waals surface area contributed by atoms with Crippen molar-refractivity contribution < 1.29 is 9.50 Å². The van der Waals surface area contributed by atoms with Crippen LogP contribution in [0.15, 0.2) is 18.3 Å². The standard InChI is InChI=1S/C12H8FNO.2C2H6/c1-3-10-11-7(2)4-9(15)5-8(11)6-14-12(10)13;2*1-2/h1,4-6,15H,2H3;2*1-2H3. The van der Waals surface area contributed by atoms with Gasteiger partial charge in [-0.05, 0) is 24.6 Å². The maximum absolute atomic E-state index is 13.3. The zero-order chi connectivity index (χ0) is 15.0. The zero-order valence-corrected chi connectivity index (χ0v) is 12.1. The number of fused-ring (bicyclic) bond motifs is 1. The first-order chi connectivity index (χ1) is 9.13. The van der Waals surface area contributed by atoms with Crippen molar-refractivity contribution in [2.24, 2.45) is 0 Å². The average Bonchev–Trinajstić information content (AvgIpc) is 2.43. The molecule has 0 aliphatic heterocycles. The molecule has 2 nitrogen and oxygen atoms in total. The highest BCUT2D eigenvalue weighted by Crippen LogP contribution is 2.27. The van der Waals surface area contributed by atoms with Crippen LogP contribution in [0.1, 0.15) is 38.8 Å². The van der Waals surface area contributed by atoms with E-state index in [2.05, 4.69) is 10.9 Å².